The monoisotopic (exact) mass is 277 g/mol. The van der Waals surface area contributed by atoms with E-state index in [9.17, 15) is 10.1 Å². The second-order valence-corrected chi connectivity index (χ2v) is 6.74. The Morgan fingerprint density at radius 2 is 1.75 bits per heavy atom. The van der Waals surface area contributed by atoms with Crippen LogP contribution in [-0.2, 0) is 4.79 Å². The van der Waals surface area contributed by atoms with Gasteiger partial charge in [-0.25, -0.2) is 0 Å². The number of hydrogen-bond donors (Lipinski definition) is 0. The van der Waals surface area contributed by atoms with Crippen molar-refractivity contribution < 1.29 is 4.79 Å². The zero-order chi connectivity index (χ0) is 14.6. The summed E-state index contributed by atoms with van der Waals surface area (Å²) in [5, 5.41) is 9.51. The maximum atomic E-state index is 12.7. The Morgan fingerprint density at radius 1 is 1.15 bits per heavy atom. The van der Waals surface area contributed by atoms with E-state index in [1.807, 2.05) is 4.90 Å². The van der Waals surface area contributed by atoms with Crippen LogP contribution in [0.1, 0.15) is 46.0 Å². The number of nitrogens with zero attached hydrogens (tertiary/aromatic N) is 3. The largest absolute Gasteiger partial charge is 0.339 e. The number of piperazine rings is 1. The molecule has 112 valence electrons. The molecule has 0 aromatic heterocycles. The molecule has 0 aromatic rings. The lowest BCUT2D eigenvalue weighted by atomic mass is 9.74. The quantitative estimate of drug-likeness (QED) is 0.795. The van der Waals surface area contributed by atoms with Gasteiger partial charge in [0.2, 0.25) is 5.91 Å². The van der Waals surface area contributed by atoms with Crippen LogP contribution in [-0.4, -0.2) is 48.4 Å². The summed E-state index contributed by atoms with van der Waals surface area (Å²) < 4.78 is 0. The number of rotatable bonds is 3. The molecule has 0 atom stereocenters. The zero-order valence-electron chi connectivity index (χ0n) is 12.9. The van der Waals surface area contributed by atoms with Gasteiger partial charge in [-0.1, -0.05) is 33.1 Å². The number of carbonyl (C=O) groups excluding carboxylic acids is 1. The Hall–Kier alpha value is -1.08. The van der Waals surface area contributed by atoms with Crippen LogP contribution in [0.2, 0.25) is 0 Å². The second-order valence-electron chi connectivity index (χ2n) is 6.74. The maximum Gasteiger partial charge on any atom is 0.243 e. The third kappa shape index (κ3) is 3.32. The van der Waals surface area contributed by atoms with Gasteiger partial charge in [0.05, 0.1) is 6.07 Å². The third-order valence-corrected chi connectivity index (χ3v) is 4.61. The molecule has 0 aromatic carbocycles. The number of nitriles is 1. The lowest BCUT2D eigenvalue weighted by Crippen LogP contribution is -2.53. The van der Waals surface area contributed by atoms with Crippen LogP contribution in [0, 0.1) is 22.7 Å². The van der Waals surface area contributed by atoms with E-state index in [-0.39, 0.29) is 5.91 Å². The normalized spacial score (nSPS) is 23.6. The Labute approximate surface area is 122 Å². The molecule has 1 heterocycles. The molecule has 4 nitrogen and oxygen atoms in total. The fourth-order valence-corrected chi connectivity index (χ4v) is 3.48. The number of amides is 1. The molecule has 1 amide bonds. The van der Waals surface area contributed by atoms with Crippen molar-refractivity contribution in [2.45, 2.75) is 46.0 Å². The molecule has 4 heteroatoms. The first-order chi connectivity index (χ1) is 9.57. The van der Waals surface area contributed by atoms with Gasteiger partial charge in [-0.15, -0.1) is 0 Å². The summed E-state index contributed by atoms with van der Waals surface area (Å²) in [6.07, 6.45) is 4.72. The van der Waals surface area contributed by atoms with E-state index in [0.29, 0.717) is 5.92 Å². The van der Waals surface area contributed by atoms with Crippen molar-refractivity contribution in [3.05, 3.63) is 0 Å². The van der Waals surface area contributed by atoms with Crippen molar-refractivity contribution in [2.24, 2.45) is 11.3 Å². The average molecular weight is 277 g/mol. The van der Waals surface area contributed by atoms with E-state index >= 15 is 0 Å². The molecule has 2 rings (SSSR count). The van der Waals surface area contributed by atoms with Gasteiger partial charge in [-0.05, 0) is 18.8 Å². The number of carbonyl (C=O) groups is 1. The highest BCUT2D eigenvalue weighted by atomic mass is 16.2. The molecule has 2 fully saturated rings. The van der Waals surface area contributed by atoms with Crippen LogP contribution in [0.15, 0.2) is 0 Å². The van der Waals surface area contributed by atoms with Crippen molar-refractivity contribution in [3.8, 4) is 6.07 Å². The lowest BCUT2D eigenvalue weighted by molar-refractivity contribution is -0.142. The SMILES string of the molecule is CC(C)CN1CCN(C(=O)C2(C#N)CCCCC2)CC1. The minimum Gasteiger partial charge on any atom is -0.339 e. The van der Waals surface area contributed by atoms with Crippen molar-refractivity contribution >= 4 is 5.91 Å². The smallest absolute Gasteiger partial charge is 0.243 e. The summed E-state index contributed by atoms with van der Waals surface area (Å²) in [6, 6.07) is 2.35. The minimum atomic E-state index is -0.710. The summed E-state index contributed by atoms with van der Waals surface area (Å²) in [6.45, 7) is 9.03. The van der Waals surface area contributed by atoms with E-state index in [1.54, 1.807) is 0 Å². The van der Waals surface area contributed by atoms with Gasteiger partial charge in [-0.2, -0.15) is 5.26 Å². The van der Waals surface area contributed by atoms with E-state index in [0.717, 1.165) is 58.4 Å². The molecule has 1 saturated heterocycles. The topological polar surface area (TPSA) is 47.3 Å². The predicted octanol–water partition coefficient (Wildman–Crippen LogP) is 2.26. The molecule has 20 heavy (non-hydrogen) atoms. The van der Waals surface area contributed by atoms with Crippen LogP contribution in [0.3, 0.4) is 0 Å². The van der Waals surface area contributed by atoms with E-state index in [4.69, 9.17) is 0 Å². The fourth-order valence-electron chi connectivity index (χ4n) is 3.48. The van der Waals surface area contributed by atoms with Crippen molar-refractivity contribution in [3.63, 3.8) is 0 Å². The molecular formula is C16H27N3O. The Balaban J connectivity index is 1.92. The van der Waals surface area contributed by atoms with Gasteiger partial charge in [0.15, 0.2) is 0 Å². The first-order valence-electron chi connectivity index (χ1n) is 8.00. The molecule has 0 unspecified atom stereocenters. The Bertz CT molecular complexity index is 372. The van der Waals surface area contributed by atoms with Gasteiger partial charge < -0.3 is 4.90 Å². The average Bonchev–Trinajstić information content (AvgIpc) is 2.47. The van der Waals surface area contributed by atoms with E-state index in [1.165, 1.54) is 6.42 Å². The van der Waals surface area contributed by atoms with Crippen LogP contribution in [0.5, 0.6) is 0 Å². The van der Waals surface area contributed by atoms with E-state index in [2.05, 4.69) is 24.8 Å². The predicted molar refractivity (Wildman–Crippen MR) is 79.0 cm³/mol. The molecule has 2 aliphatic rings. The van der Waals surface area contributed by atoms with Crippen LogP contribution >= 0.6 is 0 Å². The second kappa shape index (κ2) is 6.58. The van der Waals surface area contributed by atoms with Crippen LogP contribution in [0.25, 0.3) is 0 Å². The molecule has 1 aliphatic heterocycles. The molecule has 0 N–H and O–H groups in total. The van der Waals surface area contributed by atoms with Crippen molar-refractivity contribution in [1.82, 2.24) is 9.80 Å². The van der Waals surface area contributed by atoms with E-state index < -0.39 is 5.41 Å². The molecule has 0 radical (unpaired) electrons. The zero-order valence-corrected chi connectivity index (χ0v) is 12.9. The molecule has 0 spiro atoms. The molecule has 1 saturated carbocycles. The Kier molecular flexibility index (Phi) is 5.04. The standard InChI is InChI=1S/C16H27N3O/c1-14(2)12-18-8-10-19(11-9-18)15(20)16(13-17)6-4-3-5-7-16/h14H,3-12H2,1-2H3. The van der Waals surface area contributed by atoms with Gasteiger partial charge in [0.25, 0.3) is 0 Å². The molecular weight excluding hydrogens is 250 g/mol. The lowest BCUT2D eigenvalue weighted by Gasteiger charge is -2.40. The van der Waals surface area contributed by atoms with Crippen LogP contribution < -0.4 is 0 Å². The highest BCUT2D eigenvalue weighted by molar-refractivity contribution is 5.85. The fraction of sp³-hybridized carbons (Fsp3) is 0.875. The van der Waals surface area contributed by atoms with Crippen molar-refractivity contribution in [1.29, 1.82) is 5.26 Å². The summed E-state index contributed by atoms with van der Waals surface area (Å²) in [4.78, 5) is 17.1. The first kappa shape index (κ1) is 15.3. The molecule has 1 aliphatic carbocycles. The van der Waals surface area contributed by atoms with Gasteiger partial charge >= 0.3 is 0 Å². The molecule has 0 bridgehead atoms. The van der Waals surface area contributed by atoms with Crippen molar-refractivity contribution in [2.75, 3.05) is 32.7 Å². The van der Waals surface area contributed by atoms with Crippen LogP contribution in [0.4, 0.5) is 0 Å². The summed E-state index contributed by atoms with van der Waals surface area (Å²) >= 11 is 0. The summed E-state index contributed by atoms with van der Waals surface area (Å²) in [5.74, 6) is 0.768. The highest BCUT2D eigenvalue weighted by Crippen LogP contribution is 2.37. The van der Waals surface area contributed by atoms with Gasteiger partial charge in [0, 0.05) is 32.7 Å². The number of hydrogen-bond acceptors (Lipinski definition) is 3. The van der Waals surface area contributed by atoms with Gasteiger partial charge in [0.1, 0.15) is 5.41 Å². The summed E-state index contributed by atoms with van der Waals surface area (Å²) in [7, 11) is 0. The highest BCUT2D eigenvalue weighted by Gasteiger charge is 2.42. The maximum absolute atomic E-state index is 12.7. The van der Waals surface area contributed by atoms with Gasteiger partial charge in [-0.3, -0.25) is 9.69 Å². The third-order valence-electron chi connectivity index (χ3n) is 4.61. The first-order valence-corrected chi connectivity index (χ1v) is 8.00. The Morgan fingerprint density at radius 3 is 2.25 bits per heavy atom. The summed E-state index contributed by atoms with van der Waals surface area (Å²) in [5.41, 5.74) is -0.710. The minimum absolute atomic E-state index is 0.101.